The maximum Gasteiger partial charge on any atom is 0.255 e. The number of carbonyl (C=O) groups is 1. The summed E-state index contributed by atoms with van der Waals surface area (Å²) in [6.45, 7) is 6.35. The van der Waals surface area contributed by atoms with Crippen LogP contribution in [0.1, 0.15) is 42.7 Å². The maximum atomic E-state index is 12.2. The van der Waals surface area contributed by atoms with E-state index in [1.165, 1.54) is 0 Å². The first-order chi connectivity index (χ1) is 7.98. The minimum atomic E-state index is -0.306. The van der Waals surface area contributed by atoms with Crippen LogP contribution in [-0.2, 0) is 7.05 Å². The van der Waals surface area contributed by atoms with E-state index >= 15 is 0 Å². The highest BCUT2D eigenvalue weighted by atomic mass is 16.1. The van der Waals surface area contributed by atoms with E-state index in [2.05, 4.69) is 10.4 Å². The molecule has 0 saturated heterocycles. The number of rotatable bonds is 5. The highest BCUT2D eigenvalue weighted by Gasteiger charge is 2.27. The van der Waals surface area contributed by atoms with Crippen LogP contribution in [0, 0.1) is 6.92 Å². The predicted octanol–water partition coefficient (Wildman–Crippen LogP) is 0.976. The standard InChI is InChI=1S/C12H22N4O/c1-5-12(6-2,8-13)14-11(17)10-7-16(4)15-9(10)3/h7H,5-6,8,13H2,1-4H3,(H,14,17). The van der Waals surface area contributed by atoms with E-state index in [9.17, 15) is 4.79 Å². The molecular formula is C12H22N4O. The van der Waals surface area contributed by atoms with Crippen molar-refractivity contribution in [1.82, 2.24) is 15.1 Å². The van der Waals surface area contributed by atoms with E-state index < -0.39 is 0 Å². The van der Waals surface area contributed by atoms with Crippen LogP contribution in [0.15, 0.2) is 6.20 Å². The van der Waals surface area contributed by atoms with Crippen LogP contribution < -0.4 is 11.1 Å². The van der Waals surface area contributed by atoms with E-state index in [0.29, 0.717) is 12.1 Å². The second-order valence-corrected chi connectivity index (χ2v) is 4.45. The molecule has 0 spiro atoms. The van der Waals surface area contributed by atoms with Crippen molar-refractivity contribution in [3.63, 3.8) is 0 Å². The molecule has 0 aliphatic heterocycles. The van der Waals surface area contributed by atoms with Gasteiger partial charge in [-0.15, -0.1) is 0 Å². The summed E-state index contributed by atoms with van der Waals surface area (Å²) in [5.74, 6) is -0.0928. The molecule has 17 heavy (non-hydrogen) atoms. The summed E-state index contributed by atoms with van der Waals surface area (Å²) < 4.78 is 1.65. The lowest BCUT2D eigenvalue weighted by Gasteiger charge is -2.31. The summed E-state index contributed by atoms with van der Waals surface area (Å²) in [4.78, 5) is 12.2. The van der Waals surface area contributed by atoms with Crippen molar-refractivity contribution in [3.8, 4) is 0 Å². The van der Waals surface area contributed by atoms with Gasteiger partial charge in [0.25, 0.3) is 5.91 Å². The van der Waals surface area contributed by atoms with Crippen molar-refractivity contribution in [1.29, 1.82) is 0 Å². The average Bonchev–Trinajstić information content (AvgIpc) is 2.65. The Balaban J connectivity index is 2.88. The molecule has 1 heterocycles. The third kappa shape index (κ3) is 2.85. The number of aryl methyl sites for hydroxylation is 2. The van der Waals surface area contributed by atoms with Gasteiger partial charge >= 0.3 is 0 Å². The van der Waals surface area contributed by atoms with Gasteiger partial charge in [-0.1, -0.05) is 13.8 Å². The first-order valence-electron chi connectivity index (χ1n) is 6.00. The van der Waals surface area contributed by atoms with Crippen LogP contribution >= 0.6 is 0 Å². The fourth-order valence-corrected chi connectivity index (χ4v) is 1.90. The zero-order valence-electron chi connectivity index (χ0n) is 11.1. The molecule has 0 unspecified atom stereocenters. The quantitative estimate of drug-likeness (QED) is 0.803. The molecule has 0 bridgehead atoms. The monoisotopic (exact) mass is 238 g/mol. The normalized spacial score (nSPS) is 11.6. The minimum Gasteiger partial charge on any atom is -0.345 e. The maximum absolute atomic E-state index is 12.2. The zero-order valence-corrected chi connectivity index (χ0v) is 11.1. The Labute approximate surface area is 102 Å². The number of nitrogens with two attached hydrogens (primary N) is 1. The Hall–Kier alpha value is -1.36. The van der Waals surface area contributed by atoms with Crippen molar-refractivity contribution < 1.29 is 4.79 Å². The number of aromatic nitrogens is 2. The summed E-state index contributed by atoms with van der Waals surface area (Å²) in [5.41, 5.74) is 6.81. The molecule has 5 heteroatoms. The van der Waals surface area contributed by atoms with Crippen molar-refractivity contribution in [2.75, 3.05) is 6.54 Å². The lowest BCUT2D eigenvalue weighted by Crippen LogP contribution is -2.52. The fourth-order valence-electron chi connectivity index (χ4n) is 1.90. The molecule has 0 radical (unpaired) electrons. The van der Waals surface area contributed by atoms with Gasteiger partial charge in [0.2, 0.25) is 0 Å². The van der Waals surface area contributed by atoms with Crippen molar-refractivity contribution in [2.45, 2.75) is 39.2 Å². The second kappa shape index (κ2) is 5.31. The Morgan fingerprint density at radius 2 is 2.12 bits per heavy atom. The molecule has 0 atom stereocenters. The SMILES string of the molecule is CCC(CC)(CN)NC(=O)c1cn(C)nc1C. The summed E-state index contributed by atoms with van der Waals surface area (Å²) in [6, 6.07) is 0. The first-order valence-corrected chi connectivity index (χ1v) is 6.00. The average molecular weight is 238 g/mol. The summed E-state index contributed by atoms with van der Waals surface area (Å²) in [5, 5.41) is 7.20. The zero-order chi connectivity index (χ0) is 13.1. The van der Waals surface area contributed by atoms with Crippen LogP contribution in [0.3, 0.4) is 0 Å². The molecule has 96 valence electrons. The summed E-state index contributed by atoms with van der Waals surface area (Å²) in [7, 11) is 1.81. The van der Waals surface area contributed by atoms with Crippen molar-refractivity contribution in [2.24, 2.45) is 12.8 Å². The highest BCUT2D eigenvalue weighted by Crippen LogP contribution is 2.15. The van der Waals surface area contributed by atoms with E-state index in [-0.39, 0.29) is 11.4 Å². The van der Waals surface area contributed by atoms with Gasteiger partial charge in [0.05, 0.1) is 16.8 Å². The first kappa shape index (κ1) is 13.7. The Kier molecular flexibility index (Phi) is 4.28. The Morgan fingerprint density at radius 3 is 2.47 bits per heavy atom. The molecule has 5 nitrogen and oxygen atoms in total. The molecule has 0 aliphatic rings. The summed E-state index contributed by atoms with van der Waals surface area (Å²) >= 11 is 0. The van der Waals surface area contributed by atoms with Gasteiger partial charge in [-0.2, -0.15) is 5.10 Å². The molecule has 0 fully saturated rings. The van der Waals surface area contributed by atoms with Crippen LogP contribution in [0.25, 0.3) is 0 Å². The largest absolute Gasteiger partial charge is 0.345 e. The summed E-state index contributed by atoms with van der Waals surface area (Å²) in [6.07, 6.45) is 3.38. The van der Waals surface area contributed by atoms with Crippen molar-refractivity contribution >= 4 is 5.91 Å². The number of amides is 1. The third-order valence-corrected chi connectivity index (χ3v) is 3.38. The number of nitrogens with one attached hydrogen (secondary N) is 1. The van der Waals surface area contributed by atoms with Gasteiger partial charge in [0.1, 0.15) is 0 Å². The molecule has 1 aromatic rings. The highest BCUT2D eigenvalue weighted by molar-refractivity contribution is 5.95. The van der Waals surface area contributed by atoms with Crippen LogP contribution in [-0.4, -0.2) is 27.8 Å². The minimum absolute atomic E-state index is 0.0928. The van der Waals surface area contributed by atoms with Crippen molar-refractivity contribution in [3.05, 3.63) is 17.5 Å². The Morgan fingerprint density at radius 1 is 1.53 bits per heavy atom. The van der Waals surface area contributed by atoms with Gasteiger partial charge in [-0.05, 0) is 19.8 Å². The van der Waals surface area contributed by atoms with Crippen LogP contribution in [0.5, 0.6) is 0 Å². The molecular weight excluding hydrogens is 216 g/mol. The van der Waals surface area contributed by atoms with Gasteiger partial charge in [0.15, 0.2) is 0 Å². The van der Waals surface area contributed by atoms with E-state index in [1.807, 2.05) is 20.8 Å². The number of nitrogens with zero attached hydrogens (tertiary/aromatic N) is 2. The van der Waals surface area contributed by atoms with Gasteiger partial charge < -0.3 is 11.1 Å². The van der Waals surface area contributed by atoms with E-state index in [0.717, 1.165) is 18.5 Å². The molecule has 1 aromatic heterocycles. The molecule has 0 aromatic carbocycles. The second-order valence-electron chi connectivity index (χ2n) is 4.45. The number of hydrogen-bond donors (Lipinski definition) is 2. The van der Waals surface area contributed by atoms with Crippen LogP contribution in [0.4, 0.5) is 0 Å². The molecule has 1 rings (SSSR count). The molecule has 3 N–H and O–H groups in total. The lowest BCUT2D eigenvalue weighted by atomic mass is 9.92. The number of hydrogen-bond acceptors (Lipinski definition) is 3. The topological polar surface area (TPSA) is 72.9 Å². The molecule has 0 saturated carbocycles. The van der Waals surface area contributed by atoms with Gasteiger partial charge in [0, 0.05) is 19.8 Å². The van der Waals surface area contributed by atoms with E-state index in [1.54, 1.807) is 17.9 Å². The molecule has 1 amide bonds. The van der Waals surface area contributed by atoms with Gasteiger partial charge in [-0.3, -0.25) is 9.48 Å². The van der Waals surface area contributed by atoms with Gasteiger partial charge in [-0.25, -0.2) is 0 Å². The van der Waals surface area contributed by atoms with Crippen LogP contribution in [0.2, 0.25) is 0 Å². The Bertz CT molecular complexity index is 385. The smallest absolute Gasteiger partial charge is 0.255 e. The van der Waals surface area contributed by atoms with E-state index in [4.69, 9.17) is 5.73 Å². The lowest BCUT2D eigenvalue weighted by molar-refractivity contribution is 0.0894. The third-order valence-electron chi connectivity index (χ3n) is 3.38. The number of carbonyl (C=O) groups excluding carboxylic acids is 1. The predicted molar refractivity (Wildman–Crippen MR) is 67.8 cm³/mol. The fraction of sp³-hybridized carbons (Fsp3) is 0.667. The molecule has 0 aliphatic carbocycles.